The van der Waals surface area contributed by atoms with E-state index in [9.17, 15) is 0 Å². The number of hydrogen-bond acceptors (Lipinski definition) is 1. The van der Waals surface area contributed by atoms with Crippen molar-refractivity contribution >= 4 is 15.9 Å². The number of hydrogen-bond donors (Lipinski definition) is 0. The van der Waals surface area contributed by atoms with Crippen LogP contribution in [0.1, 0.15) is 37.4 Å². The van der Waals surface area contributed by atoms with Crippen LogP contribution in [0.5, 0.6) is 0 Å². The summed E-state index contributed by atoms with van der Waals surface area (Å²) < 4.78 is 1.29. The average molecular weight is 268 g/mol. The standard InChI is InChI=1S/C13H18BrN/c1-3-15(4-2)12-9-8-10-6-5-7-11(14)13(10)12/h5-7,12H,3-4,8-9H2,1-2H3. The molecule has 0 spiro atoms. The lowest BCUT2D eigenvalue weighted by molar-refractivity contribution is 0.218. The van der Waals surface area contributed by atoms with E-state index in [1.165, 1.54) is 28.4 Å². The lowest BCUT2D eigenvalue weighted by atomic mass is 10.1. The first-order valence-corrected chi connectivity index (χ1v) is 6.58. The van der Waals surface area contributed by atoms with Gasteiger partial charge in [0.1, 0.15) is 0 Å². The van der Waals surface area contributed by atoms with Crippen LogP contribution in [0.2, 0.25) is 0 Å². The number of aryl methyl sites for hydroxylation is 1. The van der Waals surface area contributed by atoms with Gasteiger partial charge in [-0.1, -0.05) is 41.9 Å². The molecular formula is C13H18BrN. The number of benzene rings is 1. The Balaban J connectivity index is 2.34. The van der Waals surface area contributed by atoms with Gasteiger partial charge in [-0.3, -0.25) is 4.90 Å². The Labute approximate surface area is 101 Å². The maximum atomic E-state index is 3.69. The highest BCUT2D eigenvalue weighted by atomic mass is 79.9. The van der Waals surface area contributed by atoms with Gasteiger partial charge in [-0.05, 0) is 43.1 Å². The van der Waals surface area contributed by atoms with Crippen LogP contribution in [0, 0.1) is 0 Å². The Kier molecular flexibility index (Phi) is 3.47. The minimum absolute atomic E-state index is 0.630. The van der Waals surface area contributed by atoms with E-state index in [0.29, 0.717) is 6.04 Å². The predicted molar refractivity (Wildman–Crippen MR) is 68.1 cm³/mol. The van der Waals surface area contributed by atoms with E-state index in [4.69, 9.17) is 0 Å². The number of rotatable bonds is 3. The quantitative estimate of drug-likeness (QED) is 0.806. The minimum Gasteiger partial charge on any atom is -0.297 e. The summed E-state index contributed by atoms with van der Waals surface area (Å²) in [5.74, 6) is 0. The summed E-state index contributed by atoms with van der Waals surface area (Å²) in [7, 11) is 0. The maximum Gasteiger partial charge on any atom is 0.0364 e. The number of fused-ring (bicyclic) bond motifs is 1. The molecule has 2 rings (SSSR count). The van der Waals surface area contributed by atoms with E-state index in [0.717, 1.165) is 13.1 Å². The Morgan fingerprint density at radius 1 is 1.33 bits per heavy atom. The lowest BCUT2D eigenvalue weighted by Crippen LogP contribution is -2.27. The van der Waals surface area contributed by atoms with Crippen molar-refractivity contribution in [1.29, 1.82) is 0 Å². The van der Waals surface area contributed by atoms with Crippen molar-refractivity contribution in [2.45, 2.75) is 32.7 Å². The Hall–Kier alpha value is -0.340. The summed E-state index contributed by atoms with van der Waals surface area (Å²) >= 11 is 3.69. The van der Waals surface area contributed by atoms with Crippen molar-refractivity contribution in [3.05, 3.63) is 33.8 Å². The lowest BCUT2D eigenvalue weighted by Gasteiger charge is -2.27. The van der Waals surface area contributed by atoms with Gasteiger partial charge in [0.05, 0.1) is 0 Å². The van der Waals surface area contributed by atoms with E-state index >= 15 is 0 Å². The van der Waals surface area contributed by atoms with Gasteiger partial charge in [-0.2, -0.15) is 0 Å². The van der Waals surface area contributed by atoms with E-state index in [2.05, 4.69) is 52.9 Å². The summed E-state index contributed by atoms with van der Waals surface area (Å²) in [4.78, 5) is 2.55. The number of nitrogens with zero attached hydrogens (tertiary/aromatic N) is 1. The zero-order valence-electron chi connectivity index (χ0n) is 9.46. The topological polar surface area (TPSA) is 3.24 Å². The Morgan fingerprint density at radius 3 is 2.73 bits per heavy atom. The van der Waals surface area contributed by atoms with Gasteiger partial charge < -0.3 is 0 Å². The molecule has 0 heterocycles. The first-order valence-electron chi connectivity index (χ1n) is 5.79. The highest BCUT2D eigenvalue weighted by molar-refractivity contribution is 9.10. The SMILES string of the molecule is CCN(CC)C1CCc2cccc(Br)c21. The van der Waals surface area contributed by atoms with Crippen molar-refractivity contribution in [1.82, 2.24) is 4.90 Å². The van der Waals surface area contributed by atoms with E-state index in [-0.39, 0.29) is 0 Å². The van der Waals surface area contributed by atoms with Crippen LogP contribution in [0.4, 0.5) is 0 Å². The fraction of sp³-hybridized carbons (Fsp3) is 0.538. The minimum atomic E-state index is 0.630. The van der Waals surface area contributed by atoms with E-state index in [1.54, 1.807) is 0 Å². The molecule has 15 heavy (non-hydrogen) atoms. The second kappa shape index (κ2) is 4.67. The largest absolute Gasteiger partial charge is 0.297 e. The van der Waals surface area contributed by atoms with Gasteiger partial charge in [0.2, 0.25) is 0 Å². The molecule has 1 nitrogen and oxygen atoms in total. The zero-order valence-corrected chi connectivity index (χ0v) is 11.0. The molecule has 0 aromatic heterocycles. The summed E-state index contributed by atoms with van der Waals surface area (Å²) in [6, 6.07) is 7.21. The molecule has 0 aliphatic heterocycles. The molecule has 2 heteroatoms. The number of halogens is 1. The molecule has 1 aliphatic carbocycles. The Morgan fingerprint density at radius 2 is 2.07 bits per heavy atom. The molecule has 1 atom stereocenters. The molecule has 0 N–H and O–H groups in total. The average Bonchev–Trinajstić information content (AvgIpc) is 2.66. The normalized spacial score (nSPS) is 19.6. The van der Waals surface area contributed by atoms with Crippen molar-refractivity contribution in [3.63, 3.8) is 0 Å². The molecule has 1 unspecified atom stereocenters. The maximum absolute atomic E-state index is 3.69. The van der Waals surface area contributed by atoms with Crippen LogP contribution in [-0.4, -0.2) is 18.0 Å². The van der Waals surface area contributed by atoms with Crippen molar-refractivity contribution in [2.24, 2.45) is 0 Å². The molecule has 0 saturated carbocycles. The van der Waals surface area contributed by atoms with Gasteiger partial charge in [-0.25, -0.2) is 0 Å². The molecule has 0 radical (unpaired) electrons. The van der Waals surface area contributed by atoms with Crippen LogP contribution in [-0.2, 0) is 6.42 Å². The molecule has 82 valence electrons. The summed E-state index contributed by atoms with van der Waals surface area (Å²) in [5, 5.41) is 0. The second-order valence-corrected chi connectivity index (χ2v) is 4.94. The molecule has 0 amide bonds. The van der Waals surface area contributed by atoms with E-state index in [1.807, 2.05) is 0 Å². The van der Waals surface area contributed by atoms with Crippen LogP contribution in [0.15, 0.2) is 22.7 Å². The fourth-order valence-corrected chi connectivity index (χ4v) is 3.31. The van der Waals surface area contributed by atoms with Gasteiger partial charge >= 0.3 is 0 Å². The van der Waals surface area contributed by atoms with Crippen LogP contribution < -0.4 is 0 Å². The van der Waals surface area contributed by atoms with Gasteiger partial charge in [-0.15, -0.1) is 0 Å². The van der Waals surface area contributed by atoms with Crippen molar-refractivity contribution in [2.75, 3.05) is 13.1 Å². The highest BCUT2D eigenvalue weighted by Crippen LogP contribution is 2.39. The Bertz CT molecular complexity index is 344. The highest BCUT2D eigenvalue weighted by Gasteiger charge is 2.27. The smallest absolute Gasteiger partial charge is 0.0364 e. The third-order valence-corrected chi connectivity index (χ3v) is 4.11. The molecular weight excluding hydrogens is 250 g/mol. The van der Waals surface area contributed by atoms with Crippen LogP contribution >= 0.6 is 15.9 Å². The molecule has 1 aliphatic rings. The van der Waals surface area contributed by atoms with Gasteiger partial charge in [0, 0.05) is 10.5 Å². The van der Waals surface area contributed by atoms with Gasteiger partial charge in [0.25, 0.3) is 0 Å². The monoisotopic (exact) mass is 267 g/mol. The second-order valence-electron chi connectivity index (χ2n) is 4.09. The summed E-state index contributed by atoms with van der Waals surface area (Å²) in [6.07, 6.45) is 2.51. The van der Waals surface area contributed by atoms with Crippen molar-refractivity contribution < 1.29 is 0 Å². The molecule has 0 saturated heterocycles. The van der Waals surface area contributed by atoms with Gasteiger partial charge in [0.15, 0.2) is 0 Å². The molecule has 1 aromatic carbocycles. The third kappa shape index (κ3) is 1.98. The first-order chi connectivity index (χ1) is 7.27. The summed E-state index contributed by atoms with van der Waals surface area (Å²) in [5.41, 5.74) is 3.06. The molecule has 0 fully saturated rings. The predicted octanol–water partition coefficient (Wildman–Crippen LogP) is 3.78. The third-order valence-electron chi connectivity index (χ3n) is 3.42. The fourth-order valence-electron chi connectivity index (χ4n) is 2.64. The summed E-state index contributed by atoms with van der Waals surface area (Å²) in [6.45, 7) is 6.78. The van der Waals surface area contributed by atoms with Crippen molar-refractivity contribution in [3.8, 4) is 0 Å². The van der Waals surface area contributed by atoms with Crippen LogP contribution in [0.25, 0.3) is 0 Å². The zero-order chi connectivity index (χ0) is 10.8. The van der Waals surface area contributed by atoms with E-state index < -0.39 is 0 Å². The molecule has 0 bridgehead atoms. The molecule has 1 aromatic rings. The van der Waals surface area contributed by atoms with Crippen LogP contribution in [0.3, 0.4) is 0 Å². The first kappa shape index (κ1) is 11.2.